The van der Waals surface area contributed by atoms with E-state index in [4.69, 9.17) is 9.72 Å². The first kappa shape index (κ1) is 21.3. The smallest absolute Gasteiger partial charge is 0.339 e. The van der Waals surface area contributed by atoms with Gasteiger partial charge < -0.3 is 4.74 Å². The topological polar surface area (TPSA) is 39.2 Å². The normalized spacial score (nSPS) is 13.9. The number of pyridine rings is 1. The van der Waals surface area contributed by atoms with E-state index >= 15 is 0 Å². The fraction of sp³-hybridized carbons (Fsp3) is 0.125. The van der Waals surface area contributed by atoms with Crippen LogP contribution in [0, 0.1) is 6.92 Å². The minimum Gasteiger partial charge on any atom is -0.457 e. The molecule has 0 spiro atoms. The summed E-state index contributed by atoms with van der Waals surface area (Å²) >= 11 is 0. The lowest BCUT2D eigenvalue weighted by molar-refractivity contribution is 0.0475. The molecule has 3 heteroatoms. The molecule has 170 valence electrons. The van der Waals surface area contributed by atoms with Crippen LogP contribution >= 0.6 is 0 Å². The predicted octanol–water partition coefficient (Wildman–Crippen LogP) is 7.54. The largest absolute Gasteiger partial charge is 0.457 e. The molecule has 35 heavy (non-hydrogen) atoms. The summed E-state index contributed by atoms with van der Waals surface area (Å²) in [6, 6.07) is 30.6. The summed E-state index contributed by atoms with van der Waals surface area (Å²) in [6.45, 7) is 2.32. The van der Waals surface area contributed by atoms with Crippen molar-refractivity contribution < 1.29 is 9.53 Å². The molecule has 0 N–H and O–H groups in total. The van der Waals surface area contributed by atoms with E-state index in [0.717, 1.165) is 62.5 Å². The van der Waals surface area contributed by atoms with Crippen LogP contribution in [0.15, 0.2) is 91.0 Å². The first-order valence-corrected chi connectivity index (χ1v) is 12.0. The van der Waals surface area contributed by atoms with Gasteiger partial charge in [0.25, 0.3) is 0 Å². The lowest BCUT2D eigenvalue weighted by Crippen LogP contribution is -2.10. The van der Waals surface area contributed by atoms with E-state index in [2.05, 4.69) is 55.5 Å². The second-order valence-electron chi connectivity index (χ2n) is 9.13. The van der Waals surface area contributed by atoms with E-state index in [1.54, 1.807) is 0 Å². The first-order chi connectivity index (χ1) is 17.2. The number of carbonyl (C=O) groups is 1. The molecule has 1 aromatic heterocycles. The second-order valence-corrected chi connectivity index (χ2v) is 9.13. The Balaban J connectivity index is 1.39. The maximum Gasteiger partial charge on any atom is 0.339 e. The summed E-state index contributed by atoms with van der Waals surface area (Å²) in [5.41, 5.74) is 7.93. The van der Waals surface area contributed by atoms with Gasteiger partial charge in [-0.05, 0) is 64.9 Å². The van der Waals surface area contributed by atoms with Gasteiger partial charge in [0.15, 0.2) is 0 Å². The van der Waals surface area contributed by atoms with Crippen molar-refractivity contribution in [3.05, 3.63) is 125 Å². The quantitative estimate of drug-likeness (QED) is 0.263. The van der Waals surface area contributed by atoms with Crippen LogP contribution in [0.25, 0.3) is 33.3 Å². The van der Waals surface area contributed by atoms with E-state index in [-0.39, 0.29) is 12.6 Å². The highest BCUT2D eigenvalue weighted by Gasteiger charge is 2.27. The standard InChI is InChI=1S/C32H25NO2/c1-21-13-15-22(16-14-21)19-24-17-18-28-30(27-11-4-5-12-29(27)33-31(24)28)32(34)35-20-25-9-6-8-23-7-2-3-10-26(23)25/h2-16,19H,17-18,20H2,1H3. The number of ether oxygens (including phenoxy) is 1. The van der Waals surface area contributed by atoms with Crippen molar-refractivity contribution in [2.45, 2.75) is 26.4 Å². The SMILES string of the molecule is Cc1ccc(C=C2CCc3c2nc2ccccc2c3C(=O)OCc2cccc3ccccc23)cc1. The van der Waals surface area contributed by atoms with Crippen LogP contribution in [0.1, 0.15) is 44.7 Å². The molecule has 0 atom stereocenters. The number of aromatic nitrogens is 1. The number of benzene rings is 4. The van der Waals surface area contributed by atoms with E-state index in [0.29, 0.717) is 5.56 Å². The number of fused-ring (bicyclic) bond motifs is 3. The van der Waals surface area contributed by atoms with E-state index in [1.165, 1.54) is 5.56 Å². The van der Waals surface area contributed by atoms with Crippen LogP contribution in [-0.4, -0.2) is 11.0 Å². The summed E-state index contributed by atoms with van der Waals surface area (Å²) in [5.74, 6) is -0.288. The van der Waals surface area contributed by atoms with Crippen molar-refractivity contribution in [1.82, 2.24) is 4.98 Å². The summed E-state index contributed by atoms with van der Waals surface area (Å²) in [4.78, 5) is 18.5. The molecule has 0 fully saturated rings. The van der Waals surface area contributed by atoms with Crippen LogP contribution in [0.2, 0.25) is 0 Å². The summed E-state index contributed by atoms with van der Waals surface area (Å²) < 4.78 is 5.94. The molecule has 0 aliphatic heterocycles. The molecule has 0 unspecified atom stereocenters. The van der Waals surface area contributed by atoms with Crippen molar-refractivity contribution in [3.8, 4) is 0 Å². The van der Waals surface area contributed by atoms with Gasteiger partial charge in [0.05, 0.1) is 16.8 Å². The number of para-hydroxylation sites is 1. The zero-order chi connectivity index (χ0) is 23.8. The number of allylic oxidation sites excluding steroid dienone is 1. The predicted molar refractivity (Wildman–Crippen MR) is 142 cm³/mol. The lowest BCUT2D eigenvalue weighted by atomic mass is 10.0. The Morgan fingerprint density at radius 1 is 0.857 bits per heavy atom. The molecule has 6 rings (SSSR count). The Kier molecular flexibility index (Phi) is 5.38. The minimum absolute atomic E-state index is 0.234. The Bertz CT molecular complexity index is 1610. The highest BCUT2D eigenvalue weighted by Crippen LogP contribution is 2.38. The van der Waals surface area contributed by atoms with Crippen molar-refractivity contribution in [3.63, 3.8) is 0 Å². The summed E-state index contributed by atoms with van der Waals surface area (Å²) in [5, 5.41) is 3.10. The van der Waals surface area contributed by atoms with Gasteiger partial charge in [-0.2, -0.15) is 0 Å². The highest BCUT2D eigenvalue weighted by atomic mass is 16.5. The summed E-state index contributed by atoms with van der Waals surface area (Å²) in [6.07, 6.45) is 3.83. The van der Waals surface area contributed by atoms with Gasteiger partial charge in [-0.3, -0.25) is 0 Å². The maximum atomic E-state index is 13.6. The molecule has 4 aromatic carbocycles. The number of hydrogen-bond donors (Lipinski definition) is 0. The molecule has 1 aliphatic carbocycles. The van der Waals surface area contributed by atoms with Crippen molar-refractivity contribution in [2.24, 2.45) is 0 Å². The van der Waals surface area contributed by atoms with Crippen molar-refractivity contribution in [2.75, 3.05) is 0 Å². The fourth-order valence-electron chi connectivity index (χ4n) is 5.01. The fourth-order valence-corrected chi connectivity index (χ4v) is 5.01. The number of aryl methyl sites for hydroxylation is 1. The second kappa shape index (κ2) is 8.84. The van der Waals surface area contributed by atoms with Gasteiger partial charge in [-0.25, -0.2) is 9.78 Å². The van der Waals surface area contributed by atoms with Gasteiger partial charge in [-0.1, -0.05) is 90.5 Å². The number of esters is 1. The maximum absolute atomic E-state index is 13.6. The van der Waals surface area contributed by atoms with Crippen LogP contribution in [0.3, 0.4) is 0 Å². The highest BCUT2D eigenvalue weighted by molar-refractivity contribution is 6.07. The molecule has 1 heterocycles. The third-order valence-electron chi connectivity index (χ3n) is 6.80. The van der Waals surface area contributed by atoms with Crippen LogP contribution in [0.4, 0.5) is 0 Å². The number of hydrogen-bond acceptors (Lipinski definition) is 3. The third kappa shape index (κ3) is 4.00. The van der Waals surface area contributed by atoms with E-state index in [9.17, 15) is 4.79 Å². The molecule has 0 radical (unpaired) electrons. The van der Waals surface area contributed by atoms with Gasteiger partial charge in [0.2, 0.25) is 0 Å². The average Bonchev–Trinajstić information content (AvgIpc) is 3.29. The van der Waals surface area contributed by atoms with Crippen LogP contribution in [0.5, 0.6) is 0 Å². The molecule has 1 aliphatic rings. The molecular formula is C32H25NO2. The minimum atomic E-state index is -0.288. The molecule has 0 bridgehead atoms. The number of rotatable bonds is 4. The van der Waals surface area contributed by atoms with Gasteiger partial charge >= 0.3 is 5.97 Å². The Morgan fingerprint density at radius 3 is 2.46 bits per heavy atom. The Labute approximate surface area is 204 Å². The third-order valence-corrected chi connectivity index (χ3v) is 6.80. The van der Waals surface area contributed by atoms with Crippen molar-refractivity contribution in [1.29, 1.82) is 0 Å². The monoisotopic (exact) mass is 455 g/mol. The van der Waals surface area contributed by atoms with Crippen LogP contribution in [-0.2, 0) is 17.8 Å². The molecule has 0 saturated carbocycles. The number of carbonyl (C=O) groups excluding carboxylic acids is 1. The molecule has 0 amide bonds. The van der Waals surface area contributed by atoms with Gasteiger partial charge in [-0.15, -0.1) is 0 Å². The number of nitrogens with zero attached hydrogens (tertiary/aromatic N) is 1. The van der Waals surface area contributed by atoms with Crippen LogP contribution < -0.4 is 0 Å². The Morgan fingerprint density at radius 2 is 1.60 bits per heavy atom. The first-order valence-electron chi connectivity index (χ1n) is 12.0. The molecule has 5 aromatic rings. The van der Waals surface area contributed by atoms with E-state index in [1.807, 2.05) is 48.5 Å². The van der Waals surface area contributed by atoms with Gasteiger partial charge in [0, 0.05) is 5.39 Å². The molecular weight excluding hydrogens is 430 g/mol. The lowest BCUT2D eigenvalue weighted by Gasteiger charge is -2.13. The molecule has 0 saturated heterocycles. The van der Waals surface area contributed by atoms with E-state index < -0.39 is 0 Å². The summed E-state index contributed by atoms with van der Waals surface area (Å²) in [7, 11) is 0. The van der Waals surface area contributed by atoms with Gasteiger partial charge in [0.1, 0.15) is 6.61 Å². The zero-order valence-corrected chi connectivity index (χ0v) is 19.6. The average molecular weight is 456 g/mol. The molecule has 3 nitrogen and oxygen atoms in total. The Hall–Kier alpha value is -4.24. The van der Waals surface area contributed by atoms with Crippen molar-refractivity contribution >= 4 is 39.3 Å². The zero-order valence-electron chi connectivity index (χ0n) is 19.6.